The molecule has 0 unspecified atom stereocenters. The Kier molecular flexibility index (Phi) is 5.42. The minimum atomic E-state index is -0.334. The molecule has 150 valence electrons. The summed E-state index contributed by atoms with van der Waals surface area (Å²) < 4.78 is 11.9. The van der Waals surface area contributed by atoms with Crippen LogP contribution < -0.4 is 10.2 Å². The van der Waals surface area contributed by atoms with Gasteiger partial charge in [-0.2, -0.15) is 0 Å². The number of hydrogen-bond donors (Lipinski definition) is 0. The van der Waals surface area contributed by atoms with Crippen molar-refractivity contribution in [2.24, 2.45) is 0 Å². The van der Waals surface area contributed by atoms with E-state index in [9.17, 15) is 9.59 Å². The number of aryl methyl sites for hydroxylation is 2. The maximum absolute atomic E-state index is 13.3. The Morgan fingerprint density at radius 2 is 1.70 bits per heavy atom. The van der Waals surface area contributed by atoms with Gasteiger partial charge in [-0.15, -0.1) is 0 Å². The lowest BCUT2D eigenvalue weighted by atomic mass is 10.1. The van der Waals surface area contributed by atoms with Crippen molar-refractivity contribution in [3.05, 3.63) is 98.7 Å². The van der Waals surface area contributed by atoms with E-state index < -0.39 is 0 Å². The third kappa shape index (κ3) is 3.74. The second-order valence-corrected chi connectivity index (χ2v) is 7.51. The van der Waals surface area contributed by atoms with Gasteiger partial charge in [0.15, 0.2) is 18.2 Å². The topological polar surface area (TPSA) is 56.5 Å². The molecule has 0 bridgehead atoms. The summed E-state index contributed by atoms with van der Waals surface area (Å²) in [6.45, 7) is 3.50. The van der Waals surface area contributed by atoms with Crippen molar-refractivity contribution in [3.63, 3.8) is 0 Å². The minimum absolute atomic E-state index is 0.0233. The summed E-state index contributed by atoms with van der Waals surface area (Å²) in [6.07, 6.45) is 0. The molecule has 0 N–H and O–H groups in total. The second-order valence-electron chi connectivity index (χ2n) is 7.11. The quantitative estimate of drug-likeness (QED) is 0.373. The molecule has 4 rings (SSSR count). The SMILES string of the molecule is Cc1cc(C)c2oc(-c3ccccc3Cl)c(OCC(=O)c3ccccc3)c(=O)c2c1. The fourth-order valence-corrected chi connectivity index (χ4v) is 3.65. The first kappa shape index (κ1) is 19.9. The Bertz CT molecular complexity index is 1310. The fourth-order valence-electron chi connectivity index (χ4n) is 3.43. The van der Waals surface area contributed by atoms with Crippen molar-refractivity contribution in [3.8, 4) is 17.1 Å². The molecule has 0 spiro atoms. The van der Waals surface area contributed by atoms with Crippen molar-refractivity contribution in [2.45, 2.75) is 13.8 Å². The van der Waals surface area contributed by atoms with E-state index in [1.54, 1.807) is 54.6 Å². The van der Waals surface area contributed by atoms with Crippen LogP contribution in [0.15, 0.2) is 75.9 Å². The molecule has 0 fully saturated rings. The minimum Gasteiger partial charge on any atom is -0.478 e. The number of rotatable bonds is 5. The van der Waals surface area contributed by atoms with Gasteiger partial charge in [-0.05, 0) is 43.2 Å². The van der Waals surface area contributed by atoms with E-state index in [1.807, 2.05) is 26.0 Å². The predicted octanol–water partition coefficient (Wildman–Crippen LogP) is 5.99. The Hall–Kier alpha value is -3.37. The summed E-state index contributed by atoms with van der Waals surface area (Å²) >= 11 is 6.37. The van der Waals surface area contributed by atoms with Gasteiger partial charge in [-0.25, -0.2) is 0 Å². The molecule has 1 heterocycles. The van der Waals surface area contributed by atoms with Crippen LogP contribution >= 0.6 is 11.6 Å². The molecule has 0 saturated carbocycles. The molecule has 0 aliphatic rings. The maximum Gasteiger partial charge on any atom is 0.235 e. The Morgan fingerprint density at radius 1 is 1.00 bits per heavy atom. The molecule has 0 saturated heterocycles. The van der Waals surface area contributed by atoms with Crippen molar-refractivity contribution in [2.75, 3.05) is 6.61 Å². The molecule has 3 aromatic carbocycles. The molecule has 30 heavy (non-hydrogen) atoms. The number of halogens is 1. The van der Waals surface area contributed by atoms with Crippen LogP contribution in [0.2, 0.25) is 5.02 Å². The van der Waals surface area contributed by atoms with Gasteiger partial charge in [0.2, 0.25) is 11.2 Å². The number of ketones is 1. The van der Waals surface area contributed by atoms with Crippen LogP contribution in [0.3, 0.4) is 0 Å². The number of ether oxygens (including phenoxy) is 1. The highest BCUT2D eigenvalue weighted by Crippen LogP contribution is 2.36. The van der Waals surface area contributed by atoms with E-state index in [0.29, 0.717) is 27.1 Å². The smallest absolute Gasteiger partial charge is 0.235 e. The molecule has 0 atom stereocenters. The summed E-state index contributed by atoms with van der Waals surface area (Å²) in [5, 5.41) is 0.828. The average Bonchev–Trinajstić information content (AvgIpc) is 2.74. The van der Waals surface area contributed by atoms with Crippen molar-refractivity contribution >= 4 is 28.4 Å². The second kappa shape index (κ2) is 8.17. The van der Waals surface area contributed by atoms with Gasteiger partial charge in [0.05, 0.1) is 10.4 Å². The summed E-state index contributed by atoms with van der Waals surface area (Å²) in [5.74, 6) is -0.0450. The van der Waals surface area contributed by atoms with E-state index in [1.165, 1.54) is 0 Å². The molecule has 0 radical (unpaired) electrons. The molecule has 4 aromatic rings. The van der Waals surface area contributed by atoms with Gasteiger partial charge < -0.3 is 9.15 Å². The third-order valence-corrected chi connectivity index (χ3v) is 5.17. The average molecular weight is 419 g/mol. The van der Waals surface area contributed by atoms with E-state index in [2.05, 4.69) is 0 Å². The molecule has 5 heteroatoms. The van der Waals surface area contributed by atoms with E-state index in [4.69, 9.17) is 20.8 Å². The van der Waals surface area contributed by atoms with Crippen molar-refractivity contribution in [1.82, 2.24) is 0 Å². The first-order valence-corrected chi connectivity index (χ1v) is 9.87. The van der Waals surface area contributed by atoms with E-state index in [0.717, 1.165) is 11.1 Å². The van der Waals surface area contributed by atoms with Gasteiger partial charge in [0.1, 0.15) is 5.58 Å². The van der Waals surface area contributed by atoms with Crippen LogP contribution in [-0.4, -0.2) is 12.4 Å². The number of Topliss-reactive ketones (excluding diaryl/α,β-unsaturated/α-hetero) is 1. The fraction of sp³-hybridized carbons (Fsp3) is 0.120. The van der Waals surface area contributed by atoms with Gasteiger partial charge in [-0.3, -0.25) is 9.59 Å². The summed E-state index contributed by atoms with van der Waals surface area (Å²) in [7, 11) is 0. The molecule has 0 aliphatic heterocycles. The summed E-state index contributed by atoms with van der Waals surface area (Å²) in [4.78, 5) is 25.9. The number of carbonyl (C=O) groups is 1. The number of fused-ring (bicyclic) bond motifs is 1. The number of hydrogen-bond acceptors (Lipinski definition) is 4. The molecular weight excluding hydrogens is 400 g/mol. The van der Waals surface area contributed by atoms with Crippen molar-refractivity contribution < 1.29 is 13.9 Å². The molecule has 0 aliphatic carbocycles. The first-order chi connectivity index (χ1) is 14.5. The number of benzene rings is 3. The standard InChI is InChI=1S/C25H19ClO4/c1-15-12-16(2)23-19(13-15)22(28)25(24(30-23)18-10-6-7-11-20(18)26)29-14-21(27)17-8-4-3-5-9-17/h3-13H,14H2,1-2H3. The molecule has 4 nitrogen and oxygen atoms in total. The van der Waals surface area contributed by atoms with Crippen molar-refractivity contribution in [1.29, 1.82) is 0 Å². The van der Waals surface area contributed by atoms with Crippen LogP contribution in [0.25, 0.3) is 22.3 Å². The Labute approximate surface area is 178 Å². The molecule has 1 aromatic heterocycles. The number of carbonyl (C=O) groups excluding carboxylic acids is 1. The summed E-state index contributed by atoms with van der Waals surface area (Å²) in [6, 6.07) is 19.5. The Balaban J connectivity index is 1.87. The van der Waals surface area contributed by atoms with Gasteiger partial charge in [0.25, 0.3) is 0 Å². The van der Waals surface area contributed by atoms with Crippen LogP contribution in [0.5, 0.6) is 5.75 Å². The highest BCUT2D eigenvalue weighted by molar-refractivity contribution is 6.33. The highest BCUT2D eigenvalue weighted by Gasteiger charge is 2.21. The zero-order valence-corrected chi connectivity index (χ0v) is 17.3. The summed E-state index contributed by atoms with van der Waals surface area (Å²) in [5.41, 5.74) is 2.95. The monoisotopic (exact) mass is 418 g/mol. The predicted molar refractivity (Wildman–Crippen MR) is 119 cm³/mol. The van der Waals surface area contributed by atoms with Gasteiger partial charge >= 0.3 is 0 Å². The van der Waals surface area contributed by atoms with Crippen LogP contribution in [-0.2, 0) is 0 Å². The van der Waals surface area contributed by atoms with Gasteiger partial charge in [0, 0.05) is 11.1 Å². The normalized spacial score (nSPS) is 10.9. The van der Waals surface area contributed by atoms with Crippen LogP contribution in [0, 0.1) is 13.8 Å². The maximum atomic E-state index is 13.3. The lowest BCUT2D eigenvalue weighted by Gasteiger charge is -2.13. The van der Waals surface area contributed by atoms with Crippen LogP contribution in [0.4, 0.5) is 0 Å². The zero-order valence-electron chi connectivity index (χ0n) is 16.6. The molecular formula is C25H19ClO4. The Morgan fingerprint density at radius 3 is 2.43 bits per heavy atom. The van der Waals surface area contributed by atoms with E-state index >= 15 is 0 Å². The van der Waals surface area contributed by atoms with Crippen LogP contribution in [0.1, 0.15) is 21.5 Å². The lowest BCUT2D eigenvalue weighted by molar-refractivity contribution is 0.0920. The zero-order chi connectivity index (χ0) is 21.3. The lowest BCUT2D eigenvalue weighted by Crippen LogP contribution is -2.17. The highest BCUT2D eigenvalue weighted by atomic mass is 35.5. The first-order valence-electron chi connectivity index (χ1n) is 9.49. The van der Waals surface area contributed by atoms with Gasteiger partial charge in [-0.1, -0.05) is 60.1 Å². The van der Waals surface area contributed by atoms with E-state index in [-0.39, 0.29) is 29.3 Å². The molecule has 0 amide bonds. The third-order valence-electron chi connectivity index (χ3n) is 4.84. The largest absolute Gasteiger partial charge is 0.478 e.